The van der Waals surface area contributed by atoms with Crippen LogP contribution in [-0.2, 0) is 15.1 Å². The van der Waals surface area contributed by atoms with E-state index in [9.17, 15) is 4.79 Å². The fourth-order valence-electron chi connectivity index (χ4n) is 5.92. The van der Waals surface area contributed by atoms with Crippen molar-refractivity contribution in [1.29, 1.82) is 0 Å². The maximum Gasteiger partial charge on any atom is 0.340 e. The molecule has 0 radical (unpaired) electrons. The number of fused-ring (bicyclic) bond motifs is 6. The smallest absolute Gasteiger partial charge is 0.340 e. The van der Waals surface area contributed by atoms with Crippen LogP contribution in [0.3, 0.4) is 0 Å². The van der Waals surface area contributed by atoms with Crippen molar-refractivity contribution in [2.24, 2.45) is 5.11 Å². The van der Waals surface area contributed by atoms with Crippen molar-refractivity contribution in [2.75, 3.05) is 20.5 Å². The number of ether oxygens (including phenoxy) is 5. The zero-order valence-electron chi connectivity index (χ0n) is 24.9. The number of carbonyl (C=O) groups excluding carboxylic acids is 1. The molecule has 0 fully saturated rings. The Kier molecular flexibility index (Phi) is 10.1. The number of esters is 1. The van der Waals surface area contributed by atoms with Gasteiger partial charge in [-0.15, -0.1) is 0 Å². The Balaban J connectivity index is 1.22. The van der Waals surface area contributed by atoms with Crippen LogP contribution in [0, 0.1) is 0 Å². The zero-order valence-corrected chi connectivity index (χ0v) is 24.9. The summed E-state index contributed by atoms with van der Waals surface area (Å²) in [7, 11) is 1.57. The molecule has 2 heterocycles. The lowest BCUT2D eigenvalue weighted by Crippen LogP contribution is -2.33. The van der Waals surface area contributed by atoms with E-state index in [1.165, 1.54) is 25.7 Å². The molecule has 9 nitrogen and oxygen atoms in total. The molecule has 0 saturated heterocycles. The first kappa shape index (κ1) is 30.3. The van der Waals surface area contributed by atoms with Crippen LogP contribution in [0.5, 0.6) is 23.0 Å². The van der Waals surface area contributed by atoms with Crippen molar-refractivity contribution >= 4 is 5.97 Å². The largest absolute Gasteiger partial charge is 0.493 e. The number of benzene rings is 3. The van der Waals surface area contributed by atoms with Crippen molar-refractivity contribution in [3.8, 4) is 23.0 Å². The van der Waals surface area contributed by atoms with Crippen LogP contribution in [0.4, 0.5) is 0 Å². The summed E-state index contributed by atoms with van der Waals surface area (Å²) >= 11 is 0. The molecule has 0 aromatic heterocycles. The fourth-order valence-corrected chi connectivity index (χ4v) is 5.92. The average Bonchev–Trinajstić information content (AvgIpc) is 3.32. The van der Waals surface area contributed by atoms with E-state index >= 15 is 0 Å². The molecular formula is C34H39N3O6. The second-order valence-corrected chi connectivity index (χ2v) is 11.0. The maximum absolute atomic E-state index is 13.1. The molecule has 2 aliphatic rings. The molecule has 43 heavy (non-hydrogen) atoms. The molecule has 0 aliphatic carbocycles. The average molecular weight is 586 g/mol. The number of nitrogens with zero attached hydrogens (tertiary/aromatic N) is 3. The Bertz CT molecular complexity index is 1470. The second kappa shape index (κ2) is 14.3. The SMILES string of the molecule is CCC(CCCCCCCCCOc1ccc2c(c1)Oc1cc(OCOC)ccc1C21OC(=O)c2ccccc21)N=[N+]=[N-]. The maximum atomic E-state index is 13.1. The minimum atomic E-state index is -1.13. The monoisotopic (exact) mass is 585 g/mol. The molecule has 0 bridgehead atoms. The van der Waals surface area contributed by atoms with Gasteiger partial charge in [-0.3, -0.25) is 0 Å². The summed E-state index contributed by atoms with van der Waals surface area (Å²) in [6, 6.07) is 18.8. The number of hydrogen-bond acceptors (Lipinski definition) is 7. The summed E-state index contributed by atoms with van der Waals surface area (Å²) in [4.78, 5) is 16.0. The summed E-state index contributed by atoms with van der Waals surface area (Å²) in [5, 5.41) is 3.84. The number of rotatable bonds is 16. The number of unbranched alkanes of at least 4 members (excludes halogenated alkanes) is 6. The van der Waals surface area contributed by atoms with Gasteiger partial charge in [-0.25, -0.2) is 4.79 Å². The van der Waals surface area contributed by atoms with Gasteiger partial charge in [0.25, 0.3) is 0 Å². The van der Waals surface area contributed by atoms with Gasteiger partial charge in [0.1, 0.15) is 23.0 Å². The van der Waals surface area contributed by atoms with Crippen LogP contribution in [-0.4, -0.2) is 32.5 Å². The van der Waals surface area contributed by atoms with E-state index < -0.39 is 5.60 Å². The van der Waals surface area contributed by atoms with Crippen molar-refractivity contribution in [2.45, 2.75) is 76.4 Å². The van der Waals surface area contributed by atoms with Crippen LogP contribution >= 0.6 is 0 Å². The van der Waals surface area contributed by atoms with E-state index in [0.717, 1.165) is 48.8 Å². The first-order chi connectivity index (χ1) is 21.1. The topological polar surface area (TPSA) is 112 Å². The van der Waals surface area contributed by atoms with Crippen molar-refractivity contribution in [3.05, 3.63) is 93.4 Å². The lowest BCUT2D eigenvalue weighted by Gasteiger charge is -2.36. The Labute approximate surface area is 252 Å². The normalized spacial score (nSPS) is 16.7. The number of carbonyl (C=O) groups is 1. The molecule has 9 heteroatoms. The highest BCUT2D eigenvalue weighted by Gasteiger charge is 2.53. The van der Waals surface area contributed by atoms with Crippen LogP contribution in [0.15, 0.2) is 65.8 Å². The Morgan fingerprint density at radius 2 is 1.51 bits per heavy atom. The molecular weight excluding hydrogens is 546 g/mol. The van der Waals surface area contributed by atoms with E-state index in [-0.39, 0.29) is 18.8 Å². The third-order valence-corrected chi connectivity index (χ3v) is 8.14. The molecule has 3 aromatic rings. The van der Waals surface area contributed by atoms with Gasteiger partial charge in [0, 0.05) is 46.9 Å². The first-order valence-electron chi connectivity index (χ1n) is 15.2. The van der Waals surface area contributed by atoms with E-state index in [4.69, 9.17) is 29.2 Å². The fraction of sp³-hybridized carbons (Fsp3) is 0.441. The standard InChI is InChI=1S/C34H39N3O6/c1-3-24(36-37-35)13-9-7-5-4-6-8-12-20-40-25-16-18-29-31(21-25)42-32-22-26(41-23-39-2)17-19-30(32)34(29)28-15-11-10-14-27(28)33(38)43-34/h10-11,14-19,21-22,24H,3-9,12-13,20,23H2,1-2H3. The summed E-state index contributed by atoms with van der Waals surface area (Å²) in [6.07, 6.45) is 9.79. The molecule has 0 amide bonds. The molecule has 5 rings (SSSR count). The number of azide groups is 1. The molecule has 2 unspecified atom stereocenters. The van der Waals surface area contributed by atoms with Gasteiger partial charge in [-0.1, -0.05) is 68.8 Å². The first-order valence-corrected chi connectivity index (χ1v) is 15.2. The van der Waals surface area contributed by atoms with Crippen molar-refractivity contribution < 1.29 is 28.5 Å². The quantitative estimate of drug-likeness (QED) is 0.0414. The minimum Gasteiger partial charge on any atom is -0.493 e. The second-order valence-electron chi connectivity index (χ2n) is 11.0. The predicted molar refractivity (Wildman–Crippen MR) is 163 cm³/mol. The van der Waals surface area contributed by atoms with Crippen LogP contribution in [0.1, 0.15) is 91.8 Å². The van der Waals surface area contributed by atoms with Gasteiger partial charge >= 0.3 is 5.97 Å². The Morgan fingerprint density at radius 1 is 0.860 bits per heavy atom. The summed E-state index contributed by atoms with van der Waals surface area (Å²) in [5.41, 5.74) is 10.3. The summed E-state index contributed by atoms with van der Waals surface area (Å²) < 4.78 is 29.4. The molecule has 2 atom stereocenters. The van der Waals surface area contributed by atoms with Gasteiger partial charge in [0.2, 0.25) is 0 Å². The van der Waals surface area contributed by atoms with Gasteiger partial charge in [0.05, 0.1) is 12.2 Å². The highest BCUT2D eigenvalue weighted by Crippen LogP contribution is 2.57. The molecule has 226 valence electrons. The summed E-state index contributed by atoms with van der Waals surface area (Å²) in [5.74, 6) is 2.04. The van der Waals surface area contributed by atoms with Crippen molar-refractivity contribution in [1.82, 2.24) is 0 Å². The third-order valence-electron chi connectivity index (χ3n) is 8.14. The Morgan fingerprint density at radius 3 is 2.19 bits per heavy atom. The zero-order chi connectivity index (χ0) is 30.1. The summed E-state index contributed by atoms with van der Waals surface area (Å²) in [6.45, 7) is 2.78. The highest BCUT2D eigenvalue weighted by molar-refractivity contribution is 5.97. The van der Waals surface area contributed by atoms with Gasteiger partial charge in [-0.2, -0.15) is 0 Å². The van der Waals surface area contributed by atoms with E-state index in [1.807, 2.05) is 48.5 Å². The van der Waals surface area contributed by atoms with Crippen molar-refractivity contribution in [3.63, 3.8) is 0 Å². The number of methoxy groups -OCH3 is 1. The van der Waals surface area contributed by atoms with Gasteiger partial charge in [-0.05, 0) is 55.1 Å². The highest BCUT2D eigenvalue weighted by atomic mass is 16.7. The molecule has 3 aromatic carbocycles. The van der Waals surface area contributed by atoms with Crippen LogP contribution in [0.2, 0.25) is 0 Å². The molecule has 1 spiro atoms. The predicted octanol–water partition coefficient (Wildman–Crippen LogP) is 8.83. The lowest BCUT2D eigenvalue weighted by molar-refractivity contribution is 0.0223. The van der Waals surface area contributed by atoms with Gasteiger partial charge in [0.15, 0.2) is 12.4 Å². The van der Waals surface area contributed by atoms with Crippen LogP contribution < -0.4 is 14.2 Å². The number of hydrogen-bond donors (Lipinski definition) is 0. The van der Waals surface area contributed by atoms with Gasteiger partial charge < -0.3 is 23.7 Å². The van der Waals surface area contributed by atoms with Crippen LogP contribution in [0.25, 0.3) is 10.4 Å². The van der Waals surface area contributed by atoms with E-state index in [0.29, 0.717) is 35.2 Å². The molecule has 2 aliphatic heterocycles. The lowest BCUT2D eigenvalue weighted by atomic mass is 9.77. The molecule has 0 saturated carbocycles. The van der Waals surface area contributed by atoms with E-state index in [2.05, 4.69) is 16.9 Å². The minimum absolute atomic E-state index is 0.106. The molecule has 0 N–H and O–H groups in total. The third kappa shape index (κ3) is 6.58. The Hall–Kier alpha value is -4.20. The van der Waals surface area contributed by atoms with E-state index in [1.54, 1.807) is 19.2 Å².